The summed E-state index contributed by atoms with van der Waals surface area (Å²) in [4.78, 5) is 45.5. The van der Waals surface area contributed by atoms with E-state index in [1.54, 1.807) is 35.2 Å². The van der Waals surface area contributed by atoms with Gasteiger partial charge in [-0.25, -0.2) is 14.1 Å². The number of benzene rings is 3. The summed E-state index contributed by atoms with van der Waals surface area (Å²) in [6.45, 7) is 2.12. The summed E-state index contributed by atoms with van der Waals surface area (Å²) >= 11 is 1.33. The Bertz CT molecular complexity index is 1830. The molecule has 0 fully saturated rings. The van der Waals surface area contributed by atoms with Crippen molar-refractivity contribution in [3.8, 4) is 11.3 Å². The lowest BCUT2D eigenvalue weighted by molar-refractivity contribution is -0.117. The average Bonchev–Trinajstić information content (AvgIpc) is 3.52. The number of fused-ring (bicyclic) bond motifs is 2. The molecule has 5 aromatic rings. The van der Waals surface area contributed by atoms with Crippen molar-refractivity contribution in [1.82, 2.24) is 20.0 Å². The van der Waals surface area contributed by atoms with Gasteiger partial charge >= 0.3 is 0 Å². The number of nitrogens with zero attached hydrogens (tertiary/aromatic N) is 5. The van der Waals surface area contributed by atoms with E-state index in [2.05, 4.69) is 20.6 Å². The first-order chi connectivity index (χ1) is 18.9. The number of nitrogens with one attached hydrogen (secondary N) is 1. The summed E-state index contributed by atoms with van der Waals surface area (Å²) in [5.74, 6) is -1.14. The first-order valence-electron chi connectivity index (χ1n) is 12.2. The molecule has 0 spiro atoms. The minimum Gasteiger partial charge on any atom is -0.308 e. The van der Waals surface area contributed by atoms with Crippen LogP contribution in [0.4, 0.5) is 15.2 Å². The molecule has 0 saturated heterocycles. The molecule has 3 heterocycles. The Morgan fingerprint density at radius 2 is 1.92 bits per heavy atom. The van der Waals surface area contributed by atoms with Gasteiger partial charge in [-0.3, -0.25) is 14.4 Å². The second-order valence-electron chi connectivity index (χ2n) is 9.10. The Balaban J connectivity index is 1.19. The number of aryl methyl sites for hydroxylation is 1. The fraction of sp³-hybridized carbons (Fsp3) is 0.143. The van der Waals surface area contributed by atoms with Gasteiger partial charge in [-0.2, -0.15) is 0 Å². The van der Waals surface area contributed by atoms with Crippen molar-refractivity contribution in [3.63, 3.8) is 0 Å². The Morgan fingerprint density at radius 3 is 2.77 bits per heavy atom. The summed E-state index contributed by atoms with van der Waals surface area (Å²) in [7, 11) is 0. The molecule has 9 nitrogen and oxygen atoms in total. The van der Waals surface area contributed by atoms with E-state index in [0.29, 0.717) is 34.6 Å². The predicted octanol–water partition coefficient (Wildman–Crippen LogP) is 4.20. The van der Waals surface area contributed by atoms with E-state index in [1.807, 2.05) is 25.1 Å². The Kier molecular flexibility index (Phi) is 6.20. The van der Waals surface area contributed by atoms with Gasteiger partial charge in [-0.05, 0) is 61.4 Å². The predicted molar refractivity (Wildman–Crippen MR) is 146 cm³/mol. The van der Waals surface area contributed by atoms with Crippen molar-refractivity contribution in [2.75, 3.05) is 16.8 Å². The number of carbonyl (C=O) groups is 2. The van der Waals surface area contributed by atoms with E-state index >= 15 is 0 Å². The number of amides is 2. The maximum absolute atomic E-state index is 13.6. The molecular formula is C28H21FN6O3S. The van der Waals surface area contributed by atoms with Gasteiger partial charge in [0.2, 0.25) is 5.91 Å². The van der Waals surface area contributed by atoms with Crippen LogP contribution in [-0.2, 0) is 17.8 Å². The molecule has 39 heavy (non-hydrogen) atoms. The standard InChI is InChI=1S/C28H21FN6O3S/c1-16-25(18-9-10-23-17(13-18)11-12-34(23)26(37)19-5-4-6-20(29)14-19)31-28(39-16)30-24(36)15-35-27(38)21-7-2-3-8-22(21)32-33-35/h2-10,13-14H,11-12,15H2,1H3,(H,30,31,36). The lowest BCUT2D eigenvalue weighted by Crippen LogP contribution is -2.30. The van der Waals surface area contributed by atoms with Crippen LogP contribution >= 0.6 is 11.3 Å². The van der Waals surface area contributed by atoms with Gasteiger partial charge in [-0.15, -0.1) is 16.4 Å². The van der Waals surface area contributed by atoms with Crippen LogP contribution in [0.2, 0.25) is 0 Å². The van der Waals surface area contributed by atoms with E-state index in [-0.39, 0.29) is 12.5 Å². The molecule has 0 aliphatic carbocycles. The van der Waals surface area contributed by atoms with Gasteiger partial charge in [0, 0.05) is 28.2 Å². The Morgan fingerprint density at radius 1 is 1.08 bits per heavy atom. The fourth-order valence-electron chi connectivity index (χ4n) is 4.68. The van der Waals surface area contributed by atoms with Gasteiger partial charge in [0.25, 0.3) is 11.5 Å². The van der Waals surface area contributed by atoms with Gasteiger partial charge < -0.3 is 10.2 Å². The molecule has 11 heteroatoms. The molecule has 194 valence electrons. The van der Waals surface area contributed by atoms with Crippen molar-refractivity contribution < 1.29 is 14.0 Å². The highest BCUT2D eigenvalue weighted by Gasteiger charge is 2.26. The number of aromatic nitrogens is 4. The zero-order valence-electron chi connectivity index (χ0n) is 20.7. The minimum atomic E-state index is -0.449. The van der Waals surface area contributed by atoms with Crippen LogP contribution in [-0.4, -0.2) is 38.3 Å². The molecule has 3 aromatic carbocycles. The molecule has 1 aliphatic rings. The second kappa shape index (κ2) is 9.84. The van der Waals surface area contributed by atoms with Gasteiger partial charge in [0.1, 0.15) is 17.9 Å². The highest BCUT2D eigenvalue weighted by Crippen LogP contribution is 2.36. The smallest absolute Gasteiger partial charge is 0.278 e. The van der Waals surface area contributed by atoms with E-state index in [4.69, 9.17) is 0 Å². The minimum absolute atomic E-state index is 0.244. The number of hydrogen-bond donors (Lipinski definition) is 1. The first-order valence-corrected chi connectivity index (χ1v) is 13.0. The second-order valence-corrected chi connectivity index (χ2v) is 10.3. The highest BCUT2D eigenvalue weighted by molar-refractivity contribution is 7.16. The molecule has 0 unspecified atom stereocenters. The number of carbonyl (C=O) groups excluding carboxylic acids is 2. The van der Waals surface area contributed by atoms with Crippen LogP contribution in [0.15, 0.2) is 71.5 Å². The third-order valence-electron chi connectivity index (χ3n) is 6.53. The Hall–Kier alpha value is -4.77. The third kappa shape index (κ3) is 4.68. The van der Waals surface area contributed by atoms with E-state index in [0.717, 1.165) is 32.1 Å². The van der Waals surface area contributed by atoms with Crippen LogP contribution in [0, 0.1) is 12.7 Å². The maximum atomic E-state index is 13.6. The van der Waals surface area contributed by atoms with Crippen LogP contribution in [0.5, 0.6) is 0 Å². The monoisotopic (exact) mass is 540 g/mol. The van der Waals surface area contributed by atoms with Gasteiger partial charge in [0.05, 0.1) is 11.1 Å². The van der Waals surface area contributed by atoms with E-state index < -0.39 is 17.3 Å². The fourth-order valence-corrected chi connectivity index (χ4v) is 5.53. The van der Waals surface area contributed by atoms with Crippen molar-refractivity contribution in [1.29, 1.82) is 0 Å². The van der Waals surface area contributed by atoms with E-state index in [1.165, 1.54) is 29.5 Å². The largest absolute Gasteiger partial charge is 0.308 e. The van der Waals surface area contributed by atoms with Crippen LogP contribution in [0.3, 0.4) is 0 Å². The Labute approximate surface area is 225 Å². The number of hydrogen-bond acceptors (Lipinski definition) is 7. The normalized spacial score (nSPS) is 12.5. The number of thiazole rings is 1. The molecule has 2 amide bonds. The number of anilines is 2. The molecule has 0 saturated carbocycles. The average molecular weight is 541 g/mol. The molecule has 1 N–H and O–H groups in total. The number of halogens is 1. The summed E-state index contributed by atoms with van der Waals surface area (Å²) in [6.07, 6.45) is 0.665. The van der Waals surface area contributed by atoms with Gasteiger partial charge in [-0.1, -0.05) is 29.5 Å². The van der Waals surface area contributed by atoms with Crippen molar-refractivity contribution in [2.45, 2.75) is 19.9 Å². The molecule has 0 radical (unpaired) electrons. The van der Waals surface area contributed by atoms with Crippen LogP contribution in [0.25, 0.3) is 22.2 Å². The molecule has 6 rings (SSSR count). The highest BCUT2D eigenvalue weighted by atomic mass is 32.1. The number of rotatable bonds is 5. The zero-order chi connectivity index (χ0) is 27.1. The van der Waals surface area contributed by atoms with Crippen molar-refractivity contribution >= 4 is 44.9 Å². The quantitative estimate of drug-likeness (QED) is 0.358. The van der Waals surface area contributed by atoms with Crippen LogP contribution < -0.4 is 15.8 Å². The summed E-state index contributed by atoms with van der Waals surface area (Å²) in [6, 6.07) is 18.3. The molecular weight excluding hydrogens is 519 g/mol. The van der Waals surface area contributed by atoms with Gasteiger partial charge in [0.15, 0.2) is 5.13 Å². The topological polar surface area (TPSA) is 110 Å². The molecule has 0 bridgehead atoms. The first kappa shape index (κ1) is 24.6. The lowest BCUT2D eigenvalue weighted by atomic mass is 10.1. The maximum Gasteiger partial charge on any atom is 0.278 e. The van der Waals surface area contributed by atoms with Crippen molar-refractivity contribution in [3.05, 3.63) is 98.9 Å². The summed E-state index contributed by atoms with van der Waals surface area (Å²) in [5, 5.41) is 11.4. The summed E-state index contributed by atoms with van der Waals surface area (Å²) < 4.78 is 14.7. The summed E-state index contributed by atoms with van der Waals surface area (Å²) in [5.41, 5.74) is 3.74. The lowest BCUT2D eigenvalue weighted by Gasteiger charge is -2.17. The van der Waals surface area contributed by atoms with Crippen molar-refractivity contribution in [2.24, 2.45) is 0 Å². The SMILES string of the molecule is Cc1sc(NC(=O)Cn2nnc3ccccc3c2=O)nc1-c1ccc2c(c1)CCN2C(=O)c1cccc(F)c1. The molecule has 0 atom stereocenters. The third-order valence-corrected chi connectivity index (χ3v) is 7.42. The van der Waals surface area contributed by atoms with Crippen LogP contribution in [0.1, 0.15) is 20.8 Å². The zero-order valence-corrected chi connectivity index (χ0v) is 21.5. The molecule has 1 aliphatic heterocycles. The van der Waals surface area contributed by atoms with E-state index in [9.17, 15) is 18.8 Å². The molecule has 2 aromatic heterocycles.